The van der Waals surface area contributed by atoms with Crippen molar-refractivity contribution in [2.75, 3.05) is 0 Å². The van der Waals surface area contributed by atoms with E-state index in [0.717, 1.165) is 99.3 Å². The molecule has 266 valence electrons. The molecule has 10 aromatic rings. The minimum atomic E-state index is 0.615. The smallest absolute Gasteiger partial charge is 0.180 e. The van der Waals surface area contributed by atoms with Gasteiger partial charge >= 0.3 is 0 Å². The Hall–Kier alpha value is -7.50. The molecule has 5 heteroatoms. The lowest BCUT2D eigenvalue weighted by atomic mass is 9.99. The van der Waals surface area contributed by atoms with Crippen LogP contribution in [0.3, 0.4) is 0 Å². The highest BCUT2D eigenvalue weighted by molar-refractivity contribution is 6.15. The van der Waals surface area contributed by atoms with Gasteiger partial charge in [-0.2, -0.15) is 0 Å². The molecule has 0 saturated carbocycles. The molecule has 0 aliphatic heterocycles. The van der Waals surface area contributed by atoms with Gasteiger partial charge in [0.1, 0.15) is 28.0 Å². The maximum absolute atomic E-state index is 6.69. The molecule has 0 aliphatic carbocycles. The van der Waals surface area contributed by atoms with E-state index in [1.807, 2.05) is 98.0 Å². The van der Waals surface area contributed by atoms with Crippen molar-refractivity contribution in [2.45, 2.75) is 6.92 Å². The van der Waals surface area contributed by atoms with Gasteiger partial charge in [0.2, 0.25) is 0 Å². The van der Waals surface area contributed by atoms with Crippen molar-refractivity contribution in [2.24, 2.45) is 0 Å². The highest BCUT2D eigenvalue weighted by Gasteiger charge is 2.23. The molecule has 0 bridgehead atoms. The number of nitrogens with zero attached hydrogens (tertiary/aromatic N) is 3. The fourth-order valence-corrected chi connectivity index (χ4v) is 8.06. The first-order valence-electron chi connectivity index (χ1n) is 18.6. The Bertz CT molecular complexity index is 3310. The average Bonchev–Trinajstić information content (AvgIpc) is 3.92. The van der Waals surface area contributed by atoms with Gasteiger partial charge in [-0.3, -0.25) is 0 Å². The molecular formula is C51H35N3O2. The van der Waals surface area contributed by atoms with Crippen LogP contribution >= 0.6 is 0 Å². The van der Waals surface area contributed by atoms with Crippen molar-refractivity contribution in [3.63, 3.8) is 0 Å². The lowest BCUT2D eigenvalue weighted by molar-refractivity contribution is 0.663. The average molecular weight is 722 g/mol. The second-order valence-electron chi connectivity index (χ2n) is 13.8. The maximum Gasteiger partial charge on any atom is 0.180 e. The fourth-order valence-electron chi connectivity index (χ4n) is 8.06. The van der Waals surface area contributed by atoms with Crippen LogP contribution in [-0.2, 0) is 0 Å². The molecular weight excluding hydrogens is 687 g/mol. The van der Waals surface area contributed by atoms with Crippen molar-refractivity contribution >= 4 is 83.7 Å². The van der Waals surface area contributed by atoms with Crippen molar-refractivity contribution in [3.8, 4) is 33.8 Å². The second-order valence-corrected chi connectivity index (χ2v) is 13.8. The Morgan fingerprint density at radius 2 is 1.29 bits per heavy atom. The van der Waals surface area contributed by atoms with Crippen LogP contribution in [-0.4, -0.2) is 14.5 Å². The Morgan fingerprint density at radius 3 is 2.09 bits per heavy atom. The Balaban J connectivity index is 1.21. The first-order valence-corrected chi connectivity index (χ1v) is 18.6. The minimum Gasteiger partial charge on any atom is -0.455 e. The number of hydrogen-bond donors (Lipinski definition) is 0. The largest absolute Gasteiger partial charge is 0.455 e. The molecule has 0 spiro atoms. The summed E-state index contributed by atoms with van der Waals surface area (Å²) in [6, 6.07) is 41.8. The van der Waals surface area contributed by atoms with Gasteiger partial charge in [0.25, 0.3) is 0 Å². The molecule has 56 heavy (non-hydrogen) atoms. The van der Waals surface area contributed by atoms with Crippen LogP contribution in [0.15, 0.2) is 174 Å². The number of benzene rings is 6. The van der Waals surface area contributed by atoms with Gasteiger partial charge in [0, 0.05) is 43.8 Å². The number of furan rings is 2. The standard InChI is InChI=1S/C51H35N3O2/c1-5-15-36(16-6-2)54-43-25-23-34(28-40(43)41-27-31(7-3)32(8-4)30-44(41)54)35-24-26-46-42(29-35)48-50(56-46)47(52-51(53-48)33-17-10-9-11-18-33)39-21-14-20-38-37-19-12-13-22-45(37)55-49(38)39/h5-30H,1,3-4H2,2H3/b16-6-,36-15+. The number of aromatic nitrogens is 3. The molecule has 0 N–H and O–H groups in total. The second kappa shape index (κ2) is 13.1. The predicted molar refractivity (Wildman–Crippen MR) is 235 cm³/mol. The molecule has 0 saturated heterocycles. The van der Waals surface area contributed by atoms with Gasteiger partial charge in [-0.1, -0.05) is 117 Å². The Labute approximate surface area is 323 Å². The van der Waals surface area contributed by atoms with Crippen molar-refractivity contribution in [1.29, 1.82) is 0 Å². The van der Waals surface area contributed by atoms with E-state index in [1.54, 1.807) is 0 Å². The predicted octanol–water partition coefficient (Wildman–Crippen LogP) is 14.3. The zero-order valence-corrected chi connectivity index (χ0v) is 30.8. The minimum absolute atomic E-state index is 0.615. The maximum atomic E-state index is 6.69. The summed E-state index contributed by atoms with van der Waals surface area (Å²) in [7, 11) is 0. The molecule has 0 unspecified atom stereocenters. The lowest BCUT2D eigenvalue weighted by Crippen LogP contribution is -1.95. The highest BCUT2D eigenvalue weighted by Crippen LogP contribution is 2.42. The van der Waals surface area contributed by atoms with Crippen LogP contribution in [0, 0.1) is 0 Å². The zero-order chi connectivity index (χ0) is 37.9. The third-order valence-corrected chi connectivity index (χ3v) is 10.6. The van der Waals surface area contributed by atoms with Crippen LogP contribution in [0.4, 0.5) is 0 Å². The normalized spacial score (nSPS) is 12.3. The first-order chi connectivity index (χ1) is 27.6. The molecule has 4 aromatic heterocycles. The Kier molecular flexibility index (Phi) is 7.75. The molecule has 0 fully saturated rings. The summed E-state index contributed by atoms with van der Waals surface area (Å²) in [5, 5.41) is 5.25. The summed E-state index contributed by atoms with van der Waals surface area (Å²) < 4.78 is 15.5. The third kappa shape index (κ3) is 5.09. The van der Waals surface area contributed by atoms with E-state index in [1.165, 1.54) is 0 Å². The van der Waals surface area contributed by atoms with Gasteiger partial charge in [0.05, 0.1) is 11.0 Å². The van der Waals surface area contributed by atoms with Gasteiger partial charge < -0.3 is 13.4 Å². The van der Waals surface area contributed by atoms with Crippen molar-refractivity contribution in [3.05, 3.63) is 176 Å². The van der Waals surface area contributed by atoms with Gasteiger partial charge in [-0.25, -0.2) is 9.97 Å². The number of hydrogen-bond acceptors (Lipinski definition) is 4. The van der Waals surface area contributed by atoms with E-state index in [0.29, 0.717) is 17.1 Å². The van der Waals surface area contributed by atoms with Crippen LogP contribution in [0.1, 0.15) is 18.1 Å². The molecule has 4 heterocycles. The molecule has 10 rings (SSSR count). The molecule has 5 nitrogen and oxygen atoms in total. The SMILES string of the molecule is C=C/C=C(\C=C/C)n1c2ccc(-c3ccc4oc5c(-c6cccc7c6oc6ccccc67)nc(-c6ccccc6)nc5c4c3)cc2c2cc(C=C)c(C=C)cc21. The molecule has 0 aliphatic rings. The summed E-state index contributed by atoms with van der Waals surface area (Å²) in [4.78, 5) is 10.4. The number of rotatable bonds is 8. The summed E-state index contributed by atoms with van der Waals surface area (Å²) in [6.45, 7) is 14.2. The summed E-state index contributed by atoms with van der Waals surface area (Å²) in [6.07, 6.45) is 11.8. The Morgan fingerprint density at radius 1 is 0.589 bits per heavy atom. The number of para-hydroxylation sites is 2. The fraction of sp³-hybridized carbons (Fsp3) is 0.0196. The van der Waals surface area contributed by atoms with Crippen molar-refractivity contribution < 1.29 is 8.83 Å². The van der Waals surface area contributed by atoms with Crippen LogP contribution in [0.25, 0.3) is 117 Å². The first kappa shape index (κ1) is 33.1. The van der Waals surface area contributed by atoms with Gasteiger partial charge in [-0.15, -0.1) is 0 Å². The molecule has 6 aromatic carbocycles. The molecule has 0 amide bonds. The van der Waals surface area contributed by atoms with Gasteiger partial charge in [-0.05, 0) is 89.9 Å². The van der Waals surface area contributed by atoms with Crippen LogP contribution < -0.4 is 0 Å². The van der Waals surface area contributed by atoms with Gasteiger partial charge in [0.15, 0.2) is 11.4 Å². The van der Waals surface area contributed by atoms with E-state index in [9.17, 15) is 0 Å². The van der Waals surface area contributed by atoms with Crippen LogP contribution in [0.5, 0.6) is 0 Å². The number of allylic oxidation sites excluding steroid dienone is 5. The summed E-state index contributed by atoms with van der Waals surface area (Å²) >= 11 is 0. The molecule has 0 radical (unpaired) electrons. The van der Waals surface area contributed by atoms with E-state index < -0.39 is 0 Å². The lowest BCUT2D eigenvalue weighted by Gasteiger charge is -2.10. The highest BCUT2D eigenvalue weighted by atomic mass is 16.3. The number of fused-ring (bicyclic) bond motifs is 9. The monoisotopic (exact) mass is 721 g/mol. The topological polar surface area (TPSA) is 57.0 Å². The van der Waals surface area contributed by atoms with Crippen molar-refractivity contribution in [1.82, 2.24) is 14.5 Å². The van der Waals surface area contributed by atoms with E-state index in [4.69, 9.17) is 18.8 Å². The van der Waals surface area contributed by atoms with E-state index in [-0.39, 0.29) is 0 Å². The molecule has 0 atom stereocenters. The van der Waals surface area contributed by atoms with E-state index in [2.05, 4.69) is 91.0 Å². The van der Waals surface area contributed by atoms with E-state index >= 15 is 0 Å². The van der Waals surface area contributed by atoms with Crippen LogP contribution in [0.2, 0.25) is 0 Å². The third-order valence-electron chi connectivity index (χ3n) is 10.6. The zero-order valence-electron chi connectivity index (χ0n) is 30.8. The summed E-state index contributed by atoms with van der Waals surface area (Å²) in [5.74, 6) is 0.616. The summed E-state index contributed by atoms with van der Waals surface area (Å²) in [5.41, 5.74) is 13.5. The quantitative estimate of drug-likeness (QED) is 0.147.